The lowest BCUT2D eigenvalue weighted by Crippen LogP contribution is -2.41. The summed E-state index contributed by atoms with van der Waals surface area (Å²) in [4.78, 5) is 14.4. The van der Waals surface area contributed by atoms with Crippen LogP contribution in [-0.2, 0) is 0 Å². The first-order valence-electron chi connectivity index (χ1n) is 7.03. The molecule has 1 aliphatic carbocycles. The Bertz CT molecular complexity index is 453. The Morgan fingerprint density at radius 1 is 1.37 bits per heavy atom. The topological polar surface area (TPSA) is 66.6 Å². The van der Waals surface area contributed by atoms with Crippen LogP contribution in [0.2, 0.25) is 0 Å². The van der Waals surface area contributed by atoms with Crippen molar-refractivity contribution in [1.82, 2.24) is 4.90 Å². The first-order valence-corrected chi connectivity index (χ1v) is 7.03. The summed E-state index contributed by atoms with van der Waals surface area (Å²) in [6, 6.07) is 5.24. The molecule has 0 saturated heterocycles. The minimum absolute atomic E-state index is 0.0956. The van der Waals surface area contributed by atoms with Gasteiger partial charge in [0, 0.05) is 12.6 Å². The standard InChI is InChI=1S/C15H22N2O2/c1-2-17(11-7-4-3-5-8-11)15(19)12-9-6-10-13(16)14(12)18/h6,9-11,18H,2-5,7-8,16H2,1H3. The average Bonchev–Trinajstić information content (AvgIpc) is 2.44. The number of anilines is 1. The molecule has 0 aromatic heterocycles. The molecule has 0 spiro atoms. The summed E-state index contributed by atoms with van der Waals surface area (Å²) in [5.74, 6) is -0.207. The quantitative estimate of drug-likeness (QED) is 0.650. The summed E-state index contributed by atoms with van der Waals surface area (Å²) in [6.07, 6.45) is 5.73. The maximum atomic E-state index is 12.6. The van der Waals surface area contributed by atoms with Crippen molar-refractivity contribution in [3.05, 3.63) is 23.8 Å². The van der Waals surface area contributed by atoms with E-state index in [0.717, 1.165) is 12.8 Å². The molecular weight excluding hydrogens is 240 g/mol. The van der Waals surface area contributed by atoms with Crippen LogP contribution in [0.15, 0.2) is 18.2 Å². The number of para-hydroxylation sites is 1. The Hall–Kier alpha value is -1.71. The van der Waals surface area contributed by atoms with Crippen LogP contribution >= 0.6 is 0 Å². The van der Waals surface area contributed by atoms with E-state index in [1.807, 2.05) is 11.8 Å². The van der Waals surface area contributed by atoms with Gasteiger partial charge in [0.1, 0.15) is 0 Å². The number of hydrogen-bond donors (Lipinski definition) is 2. The second kappa shape index (κ2) is 5.95. The summed E-state index contributed by atoms with van der Waals surface area (Å²) < 4.78 is 0. The van der Waals surface area contributed by atoms with Gasteiger partial charge >= 0.3 is 0 Å². The fourth-order valence-electron chi connectivity index (χ4n) is 2.85. The molecular formula is C15H22N2O2. The van der Waals surface area contributed by atoms with Gasteiger partial charge in [0.15, 0.2) is 5.75 Å². The highest BCUT2D eigenvalue weighted by Crippen LogP contribution is 2.29. The van der Waals surface area contributed by atoms with E-state index in [-0.39, 0.29) is 17.3 Å². The summed E-state index contributed by atoms with van der Waals surface area (Å²) >= 11 is 0. The number of benzene rings is 1. The van der Waals surface area contributed by atoms with E-state index in [2.05, 4.69) is 0 Å². The zero-order chi connectivity index (χ0) is 13.8. The van der Waals surface area contributed by atoms with Crippen LogP contribution in [0.1, 0.15) is 49.4 Å². The molecule has 1 aromatic rings. The van der Waals surface area contributed by atoms with Gasteiger partial charge in [-0.1, -0.05) is 25.3 Å². The second-order valence-electron chi connectivity index (χ2n) is 5.13. The highest BCUT2D eigenvalue weighted by atomic mass is 16.3. The summed E-state index contributed by atoms with van der Waals surface area (Å²) in [5.41, 5.74) is 6.23. The maximum Gasteiger partial charge on any atom is 0.257 e. The van der Waals surface area contributed by atoms with Crippen molar-refractivity contribution < 1.29 is 9.90 Å². The zero-order valence-electron chi connectivity index (χ0n) is 11.4. The molecule has 4 nitrogen and oxygen atoms in total. The molecule has 2 rings (SSSR count). The predicted molar refractivity (Wildman–Crippen MR) is 76.1 cm³/mol. The van der Waals surface area contributed by atoms with E-state index in [1.54, 1.807) is 18.2 Å². The molecule has 0 aliphatic heterocycles. The van der Waals surface area contributed by atoms with Gasteiger partial charge in [-0.2, -0.15) is 0 Å². The number of rotatable bonds is 3. The lowest BCUT2D eigenvalue weighted by Gasteiger charge is -2.33. The van der Waals surface area contributed by atoms with Gasteiger partial charge in [-0.05, 0) is 31.9 Å². The van der Waals surface area contributed by atoms with Gasteiger partial charge < -0.3 is 15.7 Å². The van der Waals surface area contributed by atoms with Gasteiger partial charge in [0.2, 0.25) is 0 Å². The lowest BCUT2D eigenvalue weighted by molar-refractivity contribution is 0.0645. The molecule has 0 bridgehead atoms. The Morgan fingerprint density at radius 3 is 2.68 bits per heavy atom. The number of carbonyl (C=O) groups excluding carboxylic acids is 1. The average molecular weight is 262 g/mol. The van der Waals surface area contributed by atoms with Crippen molar-refractivity contribution in [2.24, 2.45) is 0 Å². The van der Waals surface area contributed by atoms with Crippen LogP contribution in [0.5, 0.6) is 5.75 Å². The number of aromatic hydroxyl groups is 1. The Morgan fingerprint density at radius 2 is 2.05 bits per heavy atom. The molecule has 1 saturated carbocycles. The van der Waals surface area contributed by atoms with Gasteiger partial charge in [0.05, 0.1) is 11.3 Å². The highest BCUT2D eigenvalue weighted by molar-refractivity contribution is 5.98. The smallest absolute Gasteiger partial charge is 0.257 e. The van der Waals surface area contributed by atoms with Crippen LogP contribution in [-0.4, -0.2) is 28.5 Å². The SMILES string of the molecule is CCN(C(=O)c1cccc(N)c1O)C1CCCCC1. The van der Waals surface area contributed by atoms with E-state index in [1.165, 1.54) is 19.3 Å². The summed E-state index contributed by atoms with van der Waals surface area (Å²) in [5, 5.41) is 9.94. The van der Waals surface area contributed by atoms with E-state index in [0.29, 0.717) is 18.2 Å². The monoisotopic (exact) mass is 262 g/mol. The largest absolute Gasteiger partial charge is 0.505 e. The fourth-order valence-corrected chi connectivity index (χ4v) is 2.85. The number of carbonyl (C=O) groups is 1. The zero-order valence-corrected chi connectivity index (χ0v) is 11.4. The third-order valence-corrected chi connectivity index (χ3v) is 3.91. The van der Waals surface area contributed by atoms with Gasteiger partial charge in [-0.3, -0.25) is 4.79 Å². The molecule has 0 atom stereocenters. The van der Waals surface area contributed by atoms with Crippen LogP contribution in [0, 0.1) is 0 Å². The second-order valence-corrected chi connectivity index (χ2v) is 5.13. The first-order chi connectivity index (χ1) is 9.15. The van der Waals surface area contributed by atoms with Crippen LogP contribution in [0.3, 0.4) is 0 Å². The minimum atomic E-state index is -0.112. The number of hydrogen-bond acceptors (Lipinski definition) is 3. The normalized spacial score (nSPS) is 16.3. The fraction of sp³-hybridized carbons (Fsp3) is 0.533. The van der Waals surface area contributed by atoms with Crippen molar-refractivity contribution in [1.29, 1.82) is 0 Å². The molecule has 0 radical (unpaired) electrons. The summed E-state index contributed by atoms with van der Waals surface area (Å²) in [6.45, 7) is 2.65. The van der Waals surface area contributed by atoms with Crippen molar-refractivity contribution in [2.75, 3.05) is 12.3 Å². The molecule has 0 heterocycles. The molecule has 1 amide bonds. The van der Waals surface area contributed by atoms with Gasteiger partial charge in [0.25, 0.3) is 5.91 Å². The number of phenols is 1. The number of phenolic OH excluding ortho intramolecular Hbond substituents is 1. The number of nitrogens with two attached hydrogens (primary N) is 1. The predicted octanol–water partition coefficient (Wildman–Crippen LogP) is 2.77. The van der Waals surface area contributed by atoms with Crippen LogP contribution < -0.4 is 5.73 Å². The van der Waals surface area contributed by atoms with Crippen molar-refractivity contribution in [3.8, 4) is 5.75 Å². The van der Waals surface area contributed by atoms with Crippen molar-refractivity contribution in [3.63, 3.8) is 0 Å². The molecule has 4 heteroatoms. The van der Waals surface area contributed by atoms with E-state index >= 15 is 0 Å². The van der Waals surface area contributed by atoms with E-state index in [9.17, 15) is 9.90 Å². The van der Waals surface area contributed by atoms with Crippen LogP contribution in [0.4, 0.5) is 5.69 Å². The molecule has 1 fully saturated rings. The first kappa shape index (κ1) is 13.7. The molecule has 1 aliphatic rings. The maximum absolute atomic E-state index is 12.6. The van der Waals surface area contributed by atoms with Crippen LogP contribution in [0.25, 0.3) is 0 Å². The molecule has 1 aromatic carbocycles. The molecule has 19 heavy (non-hydrogen) atoms. The molecule has 3 N–H and O–H groups in total. The Balaban J connectivity index is 2.22. The number of amides is 1. The number of nitrogen functional groups attached to an aromatic ring is 1. The Labute approximate surface area is 114 Å². The van der Waals surface area contributed by atoms with Crippen molar-refractivity contribution in [2.45, 2.75) is 45.1 Å². The third-order valence-electron chi connectivity index (χ3n) is 3.91. The minimum Gasteiger partial charge on any atom is -0.505 e. The summed E-state index contributed by atoms with van der Waals surface area (Å²) in [7, 11) is 0. The van der Waals surface area contributed by atoms with Crippen molar-refractivity contribution >= 4 is 11.6 Å². The van der Waals surface area contributed by atoms with Gasteiger partial charge in [-0.15, -0.1) is 0 Å². The molecule has 0 unspecified atom stereocenters. The molecule has 104 valence electrons. The highest BCUT2D eigenvalue weighted by Gasteiger charge is 2.26. The third kappa shape index (κ3) is 2.83. The lowest BCUT2D eigenvalue weighted by atomic mass is 9.93. The Kier molecular flexibility index (Phi) is 4.30. The van der Waals surface area contributed by atoms with Gasteiger partial charge in [-0.25, -0.2) is 0 Å². The van der Waals surface area contributed by atoms with E-state index < -0.39 is 0 Å². The van der Waals surface area contributed by atoms with E-state index in [4.69, 9.17) is 5.73 Å². The number of nitrogens with zero attached hydrogens (tertiary/aromatic N) is 1.